The molecule has 3 rings (SSSR count). The van der Waals surface area contributed by atoms with Crippen molar-refractivity contribution in [1.29, 1.82) is 0 Å². The topological polar surface area (TPSA) is 58.2 Å². The highest BCUT2D eigenvalue weighted by atomic mass is 16.2. The van der Waals surface area contributed by atoms with Crippen LogP contribution in [0.25, 0.3) is 0 Å². The molecule has 2 fully saturated rings. The van der Waals surface area contributed by atoms with Crippen molar-refractivity contribution >= 4 is 11.8 Å². The van der Waals surface area contributed by atoms with Gasteiger partial charge < -0.3 is 0 Å². The van der Waals surface area contributed by atoms with Gasteiger partial charge in [0.15, 0.2) is 0 Å². The number of piperidine rings is 1. The average Bonchev–Trinajstić information content (AvgIpc) is 2.49. The first-order chi connectivity index (χ1) is 10.1. The third-order valence-electron chi connectivity index (χ3n) is 4.93. The summed E-state index contributed by atoms with van der Waals surface area (Å²) in [6.07, 6.45) is 4.36. The number of nitrogens with one attached hydrogen (secondary N) is 2. The molecule has 1 aliphatic carbocycles. The highest BCUT2D eigenvalue weighted by molar-refractivity contribution is 6.03. The molecule has 2 amide bonds. The van der Waals surface area contributed by atoms with E-state index in [-0.39, 0.29) is 23.8 Å². The average molecular weight is 286 g/mol. The second kappa shape index (κ2) is 5.60. The van der Waals surface area contributed by atoms with E-state index in [1.165, 1.54) is 5.56 Å². The molecule has 1 saturated heterocycles. The van der Waals surface area contributed by atoms with Gasteiger partial charge in [-0.3, -0.25) is 20.2 Å². The molecular formula is C17H22N2O2. The fraction of sp³-hybridized carbons (Fsp3) is 0.529. The van der Waals surface area contributed by atoms with Crippen LogP contribution in [0.3, 0.4) is 0 Å². The Balaban J connectivity index is 1.86. The Morgan fingerprint density at radius 3 is 2.76 bits per heavy atom. The van der Waals surface area contributed by atoms with Crippen molar-refractivity contribution in [2.24, 2.45) is 5.92 Å². The number of amides is 2. The first-order valence-corrected chi connectivity index (χ1v) is 7.79. The van der Waals surface area contributed by atoms with Crippen molar-refractivity contribution in [1.82, 2.24) is 10.6 Å². The van der Waals surface area contributed by atoms with E-state index in [0.29, 0.717) is 6.42 Å². The van der Waals surface area contributed by atoms with Crippen molar-refractivity contribution in [2.45, 2.75) is 50.6 Å². The second-order valence-electron chi connectivity index (χ2n) is 6.27. The lowest BCUT2D eigenvalue weighted by Crippen LogP contribution is -2.67. The van der Waals surface area contributed by atoms with Gasteiger partial charge in [-0.1, -0.05) is 43.2 Å². The quantitative estimate of drug-likeness (QED) is 0.838. The molecule has 0 bridgehead atoms. The molecule has 0 radical (unpaired) electrons. The number of imide groups is 1. The van der Waals surface area contributed by atoms with Gasteiger partial charge in [0.05, 0.1) is 0 Å². The number of carbonyl (C=O) groups is 2. The SMILES string of the molecule is C[C@@H](N[C@@]12CCCC[C@@H]1CC(=O)NC2=O)c1ccccc1. The minimum absolute atomic E-state index is 0.0887. The Morgan fingerprint density at radius 2 is 2.00 bits per heavy atom. The molecule has 0 aromatic heterocycles. The third-order valence-corrected chi connectivity index (χ3v) is 4.93. The van der Waals surface area contributed by atoms with Crippen LogP contribution in [0.2, 0.25) is 0 Å². The first-order valence-electron chi connectivity index (χ1n) is 7.79. The molecule has 1 aliphatic heterocycles. The molecule has 0 spiro atoms. The van der Waals surface area contributed by atoms with E-state index in [9.17, 15) is 9.59 Å². The molecule has 1 aromatic carbocycles. The van der Waals surface area contributed by atoms with Gasteiger partial charge in [-0.25, -0.2) is 0 Å². The Hall–Kier alpha value is -1.68. The molecule has 112 valence electrons. The number of carbonyl (C=O) groups excluding carboxylic acids is 2. The molecule has 1 heterocycles. The minimum atomic E-state index is -0.582. The number of hydrogen-bond acceptors (Lipinski definition) is 3. The van der Waals surface area contributed by atoms with E-state index < -0.39 is 5.54 Å². The first kappa shape index (κ1) is 14.3. The lowest BCUT2D eigenvalue weighted by molar-refractivity contribution is -0.144. The highest BCUT2D eigenvalue weighted by Crippen LogP contribution is 2.40. The van der Waals surface area contributed by atoms with Gasteiger partial charge >= 0.3 is 0 Å². The van der Waals surface area contributed by atoms with E-state index in [2.05, 4.69) is 29.7 Å². The number of fused-ring (bicyclic) bond motifs is 1. The van der Waals surface area contributed by atoms with Crippen LogP contribution in [-0.2, 0) is 9.59 Å². The fourth-order valence-corrected chi connectivity index (χ4v) is 3.80. The Morgan fingerprint density at radius 1 is 1.24 bits per heavy atom. The van der Waals surface area contributed by atoms with Gasteiger partial charge in [-0.05, 0) is 31.2 Å². The lowest BCUT2D eigenvalue weighted by Gasteiger charge is -2.47. The zero-order chi connectivity index (χ0) is 14.9. The van der Waals surface area contributed by atoms with E-state index in [1.807, 2.05) is 18.2 Å². The van der Waals surface area contributed by atoms with Gasteiger partial charge in [0, 0.05) is 12.5 Å². The standard InChI is InChI=1S/C17H22N2O2/c1-12(13-7-3-2-4-8-13)19-17-10-6-5-9-14(17)11-15(20)18-16(17)21/h2-4,7-8,12,14,19H,5-6,9-11H2,1H3,(H,18,20,21)/t12-,14-,17+/m1/s1. The van der Waals surface area contributed by atoms with Crippen LogP contribution in [0, 0.1) is 5.92 Å². The van der Waals surface area contributed by atoms with Crippen LogP contribution in [-0.4, -0.2) is 17.4 Å². The molecule has 4 heteroatoms. The van der Waals surface area contributed by atoms with Crippen molar-refractivity contribution < 1.29 is 9.59 Å². The fourth-order valence-electron chi connectivity index (χ4n) is 3.80. The van der Waals surface area contributed by atoms with Gasteiger partial charge in [-0.15, -0.1) is 0 Å². The predicted octanol–water partition coefficient (Wildman–Crippen LogP) is 2.31. The highest BCUT2D eigenvalue weighted by Gasteiger charge is 2.51. The predicted molar refractivity (Wildman–Crippen MR) is 80.4 cm³/mol. The van der Waals surface area contributed by atoms with Crippen molar-refractivity contribution in [3.8, 4) is 0 Å². The summed E-state index contributed by atoms with van der Waals surface area (Å²) in [4.78, 5) is 24.2. The second-order valence-corrected chi connectivity index (χ2v) is 6.27. The van der Waals surface area contributed by atoms with Gasteiger partial charge in [0.1, 0.15) is 5.54 Å². The van der Waals surface area contributed by atoms with Crippen LogP contribution in [0.15, 0.2) is 30.3 Å². The zero-order valence-corrected chi connectivity index (χ0v) is 12.4. The monoisotopic (exact) mass is 286 g/mol. The normalized spacial score (nSPS) is 30.4. The minimum Gasteiger partial charge on any atom is -0.296 e. The molecule has 2 aliphatic rings. The summed E-state index contributed by atoms with van der Waals surface area (Å²) in [6, 6.07) is 10.2. The summed E-state index contributed by atoms with van der Waals surface area (Å²) < 4.78 is 0. The maximum atomic E-state index is 12.5. The molecule has 0 unspecified atom stereocenters. The number of rotatable bonds is 3. The lowest BCUT2D eigenvalue weighted by atomic mass is 9.68. The molecule has 1 aromatic rings. The van der Waals surface area contributed by atoms with Crippen molar-refractivity contribution in [3.05, 3.63) is 35.9 Å². The van der Waals surface area contributed by atoms with Crippen molar-refractivity contribution in [3.63, 3.8) is 0 Å². The van der Waals surface area contributed by atoms with Crippen LogP contribution < -0.4 is 10.6 Å². The molecule has 21 heavy (non-hydrogen) atoms. The van der Waals surface area contributed by atoms with Gasteiger partial charge in [0.2, 0.25) is 11.8 Å². The summed E-state index contributed by atoms with van der Waals surface area (Å²) in [7, 11) is 0. The van der Waals surface area contributed by atoms with Crippen molar-refractivity contribution in [2.75, 3.05) is 0 Å². The maximum Gasteiger partial charge on any atom is 0.247 e. The largest absolute Gasteiger partial charge is 0.296 e. The summed E-state index contributed by atoms with van der Waals surface area (Å²) in [5, 5.41) is 6.09. The van der Waals surface area contributed by atoms with E-state index >= 15 is 0 Å². The number of benzene rings is 1. The third kappa shape index (κ3) is 2.60. The van der Waals surface area contributed by atoms with Gasteiger partial charge in [-0.2, -0.15) is 0 Å². The van der Waals surface area contributed by atoms with E-state index in [4.69, 9.17) is 0 Å². The molecule has 1 saturated carbocycles. The summed E-state index contributed by atoms with van der Waals surface area (Å²) in [6.45, 7) is 2.08. The summed E-state index contributed by atoms with van der Waals surface area (Å²) in [5.41, 5.74) is 0.586. The summed E-state index contributed by atoms with van der Waals surface area (Å²) >= 11 is 0. The van der Waals surface area contributed by atoms with E-state index in [0.717, 1.165) is 25.7 Å². The molecular weight excluding hydrogens is 264 g/mol. The van der Waals surface area contributed by atoms with Gasteiger partial charge in [0.25, 0.3) is 0 Å². The Labute approximate surface area is 125 Å². The Bertz CT molecular complexity index is 543. The Kier molecular flexibility index (Phi) is 3.81. The number of hydrogen-bond donors (Lipinski definition) is 2. The smallest absolute Gasteiger partial charge is 0.247 e. The van der Waals surface area contributed by atoms with Crippen LogP contribution in [0.5, 0.6) is 0 Å². The zero-order valence-electron chi connectivity index (χ0n) is 12.4. The maximum absolute atomic E-state index is 12.5. The molecule has 3 atom stereocenters. The van der Waals surface area contributed by atoms with Crippen LogP contribution in [0.1, 0.15) is 50.6 Å². The van der Waals surface area contributed by atoms with Crippen LogP contribution in [0.4, 0.5) is 0 Å². The molecule has 2 N–H and O–H groups in total. The summed E-state index contributed by atoms with van der Waals surface area (Å²) in [5.74, 6) is -0.137. The molecule has 4 nitrogen and oxygen atoms in total. The van der Waals surface area contributed by atoms with Crippen LogP contribution >= 0.6 is 0 Å². The van der Waals surface area contributed by atoms with E-state index in [1.54, 1.807) is 0 Å².